The minimum atomic E-state index is 0. The molecule has 0 aromatic heterocycles. The number of halogens is 1. The average molecular weight is 464 g/mol. The first kappa shape index (κ1) is 20.2. The number of hydrogen-bond acceptors (Lipinski definition) is 2. The maximum absolute atomic E-state index is 11.9. The minimum absolute atomic E-state index is 0. The van der Waals surface area contributed by atoms with Gasteiger partial charge in [-0.3, -0.25) is 9.79 Å². The first-order chi connectivity index (χ1) is 12.1. The summed E-state index contributed by atoms with van der Waals surface area (Å²) in [6, 6.07) is 16.1. The zero-order valence-electron chi connectivity index (χ0n) is 15.4. The van der Waals surface area contributed by atoms with Gasteiger partial charge in [-0.1, -0.05) is 30.3 Å². The molecule has 2 aromatic carbocycles. The first-order valence-corrected chi connectivity index (χ1v) is 8.47. The molecule has 1 N–H and O–H groups in total. The Morgan fingerprint density at radius 2 is 1.85 bits per heavy atom. The van der Waals surface area contributed by atoms with E-state index in [4.69, 9.17) is 0 Å². The van der Waals surface area contributed by atoms with Crippen LogP contribution >= 0.6 is 24.0 Å². The second-order valence-electron chi connectivity index (χ2n) is 6.33. The van der Waals surface area contributed by atoms with E-state index in [1.165, 1.54) is 11.3 Å². The van der Waals surface area contributed by atoms with Crippen LogP contribution in [0.2, 0.25) is 0 Å². The third kappa shape index (κ3) is 4.35. The van der Waals surface area contributed by atoms with Gasteiger partial charge in [0, 0.05) is 45.5 Å². The molecule has 0 unspecified atom stereocenters. The molecule has 1 heterocycles. The van der Waals surface area contributed by atoms with Crippen LogP contribution in [-0.4, -0.2) is 44.5 Å². The van der Waals surface area contributed by atoms with Crippen molar-refractivity contribution in [3.05, 3.63) is 65.2 Å². The highest BCUT2D eigenvalue weighted by Crippen LogP contribution is 2.27. The molecule has 0 bridgehead atoms. The standard InChI is InChI=1S/C20H24N4O.HI/c1-21-20(24-13-12-16-6-4-5-7-18(16)24)22-14-15-8-10-17(11-9-15)19(25)23(2)3;/h4-11H,12-14H2,1-3H3,(H,21,22);1H. The third-order valence-electron chi connectivity index (χ3n) is 4.41. The Kier molecular flexibility index (Phi) is 7.02. The molecular weight excluding hydrogens is 439 g/mol. The topological polar surface area (TPSA) is 47.9 Å². The van der Waals surface area contributed by atoms with Gasteiger partial charge in [0.05, 0.1) is 0 Å². The van der Waals surface area contributed by atoms with Crippen molar-refractivity contribution >= 4 is 41.5 Å². The van der Waals surface area contributed by atoms with Gasteiger partial charge in [0.1, 0.15) is 0 Å². The van der Waals surface area contributed by atoms with Crippen LogP contribution in [0.1, 0.15) is 21.5 Å². The number of benzene rings is 2. The molecule has 0 radical (unpaired) electrons. The van der Waals surface area contributed by atoms with E-state index < -0.39 is 0 Å². The fourth-order valence-corrected chi connectivity index (χ4v) is 3.06. The summed E-state index contributed by atoms with van der Waals surface area (Å²) in [7, 11) is 5.33. The SMILES string of the molecule is CN=C(NCc1ccc(C(=O)N(C)C)cc1)N1CCc2ccccc21.I. The molecule has 0 saturated carbocycles. The second kappa shape index (κ2) is 9.02. The van der Waals surface area contributed by atoms with Gasteiger partial charge in [-0.2, -0.15) is 0 Å². The molecule has 1 aliphatic heterocycles. The van der Waals surface area contributed by atoms with Crippen molar-refractivity contribution in [1.29, 1.82) is 0 Å². The minimum Gasteiger partial charge on any atom is -0.352 e. The molecule has 0 atom stereocenters. The summed E-state index contributed by atoms with van der Waals surface area (Å²) >= 11 is 0. The Hall–Kier alpha value is -2.09. The van der Waals surface area contributed by atoms with Crippen LogP contribution in [0, 0.1) is 0 Å². The smallest absolute Gasteiger partial charge is 0.253 e. The molecule has 26 heavy (non-hydrogen) atoms. The Morgan fingerprint density at radius 3 is 2.50 bits per heavy atom. The number of aliphatic imine (C=N–C) groups is 1. The van der Waals surface area contributed by atoms with Crippen LogP contribution < -0.4 is 10.2 Å². The Labute approximate surface area is 172 Å². The molecule has 138 valence electrons. The molecule has 0 aliphatic carbocycles. The van der Waals surface area contributed by atoms with Crippen LogP contribution in [0.4, 0.5) is 5.69 Å². The highest BCUT2D eigenvalue weighted by molar-refractivity contribution is 14.0. The molecule has 5 nitrogen and oxygen atoms in total. The van der Waals surface area contributed by atoms with Gasteiger partial charge in [0.15, 0.2) is 5.96 Å². The van der Waals surface area contributed by atoms with Gasteiger partial charge < -0.3 is 15.1 Å². The van der Waals surface area contributed by atoms with Gasteiger partial charge in [0.25, 0.3) is 5.91 Å². The number of nitrogens with zero attached hydrogens (tertiary/aromatic N) is 3. The number of para-hydroxylation sites is 1. The van der Waals surface area contributed by atoms with Crippen LogP contribution in [0.15, 0.2) is 53.5 Å². The van der Waals surface area contributed by atoms with Crippen molar-refractivity contribution < 1.29 is 4.79 Å². The number of nitrogens with one attached hydrogen (secondary N) is 1. The number of carbonyl (C=O) groups excluding carboxylic acids is 1. The van der Waals surface area contributed by atoms with Crippen LogP contribution in [0.25, 0.3) is 0 Å². The molecule has 2 aromatic rings. The van der Waals surface area contributed by atoms with E-state index in [2.05, 4.69) is 39.5 Å². The lowest BCUT2D eigenvalue weighted by molar-refractivity contribution is 0.0827. The highest BCUT2D eigenvalue weighted by Gasteiger charge is 2.22. The van der Waals surface area contributed by atoms with E-state index in [1.807, 2.05) is 31.3 Å². The predicted octanol–water partition coefficient (Wildman–Crippen LogP) is 3.14. The van der Waals surface area contributed by atoms with Gasteiger partial charge in [-0.15, -0.1) is 24.0 Å². The van der Waals surface area contributed by atoms with E-state index in [9.17, 15) is 4.79 Å². The number of fused-ring (bicyclic) bond motifs is 1. The van der Waals surface area contributed by atoms with Crippen LogP contribution in [-0.2, 0) is 13.0 Å². The molecule has 0 saturated heterocycles. The molecule has 6 heteroatoms. The summed E-state index contributed by atoms with van der Waals surface area (Å²) in [4.78, 5) is 20.2. The van der Waals surface area contributed by atoms with Gasteiger partial charge in [-0.05, 0) is 35.7 Å². The summed E-state index contributed by atoms with van der Waals surface area (Å²) < 4.78 is 0. The summed E-state index contributed by atoms with van der Waals surface area (Å²) in [5.74, 6) is 0.891. The first-order valence-electron chi connectivity index (χ1n) is 8.47. The van der Waals surface area contributed by atoms with Crippen molar-refractivity contribution in [3.8, 4) is 0 Å². The van der Waals surface area contributed by atoms with E-state index in [0.717, 1.165) is 24.5 Å². The van der Waals surface area contributed by atoms with Crippen LogP contribution in [0.5, 0.6) is 0 Å². The average Bonchev–Trinajstić information content (AvgIpc) is 3.06. The predicted molar refractivity (Wildman–Crippen MR) is 118 cm³/mol. The quantitative estimate of drug-likeness (QED) is 0.432. The monoisotopic (exact) mass is 464 g/mol. The number of hydrogen-bond donors (Lipinski definition) is 1. The maximum atomic E-state index is 11.9. The molecular formula is C20H25IN4O. The number of anilines is 1. The molecule has 0 spiro atoms. The van der Waals surface area contributed by atoms with Crippen LogP contribution in [0.3, 0.4) is 0 Å². The van der Waals surface area contributed by atoms with E-state index >= 15 is 0 Å². The summed E-state index contributed by atoms with van der Waals surface area (Å²) in [5, 5.41) is 3.42. The van der Waals surface area contributed by atoms with Crippen molar-refractivity contribution in [2.75, 3.05) is 32.6 Å². The van der Waals surface area contributed by atoms with E-state index in [-0.39, 0.29) is 29.9 Å². The van der Waals surface area contributed by atoms with E-state index in [0.29, 0.717) is 12.1 Å². The van der Waals surface area contributed by atoms with Gasteiger partial charge in [0.2, 0.25) is 0 Å². The Morgan fingerprint density at radius 1 is 1.15 bits per heavy atom. The van der Waals surface area contributed by atoms with E-state index in [1.54, 1.807) is 19.0 Å². The lowest BCUT2D eigenvalue weighted by atomic mass is 10.1. The summed E-state index contributed by atoms with van der Waals surface area (Å²) in [6.07, 6.45) is 1.04. The second-order valence-corrected chi connectivity index (χ2v) is 6.33. The highest BCUT2D eigenvalue weighted by atomic mass is 127. The van der Waals surface area contributed by atoms with Gasteiger partial charge in [-0.25, -0.2) is 0 Å². The third-order valence-corrected chi connectivity index (χ3v) is 4.41. The summed E-state index contributed by atoms with van der Waals surface area (Å²) in [5.41, 5.74) is 4.40. The van der Waals surface area contributed by atoms with Crippen molar-refractivity contribution in [3.63, 3.8) is 0 Å². The number of amides is 1. The molecule has 1 amide bonds. The van der Waals surface area contributed by atoms with Crippen molar-refractivity contribution in [2.24, 2.45) is 4.99 Å². The normalized spacial score (nSPS) is 13.0. The lowest BCUT2D eigenvalue weighted by Crippen LogP contribution is -2.40. The Balaban J connectivity index is 0.00000243. The zero-order valence-corrected chi connectivity index (χ0v) is 17.7. The molecule has 0 fully saturated rings. The van der Waals surface area contributed by atoms with Crippen molar-refractivity contribution in [1.82, 2.24) is 10.2 Å². The number of carbonyl (C=O) groups is 1. The number of guanidine groups is 1. The fourth-order valence-electron chi connectivity index (χ4n) is 3.06. The summed E-state index contributed by atoms with van der Waals surface area (Å²) in [6.45, 7) is 1.61. The Bertz CT molecular complexity index is 787. The van der Waals surface area contributed by atoms with Gasteiger partial charge >= 0.3 is 0 Å². The largest absolute Gasteiger partial charge is 0.352 e. The van der Waals surface area contributed by atoms with Crippen molar-refractivity contribution in [2.45, 2.75) is 13.0 Å². The lowest BCUT2D eigenvalue weighted by Gasteiger charge is -2.22. The molecule has 3 rings (SSSR count). The molecule has 1 aliphatic rings. The zero-order chi connectivity index (χ0) is 17.8. The fraction of sp³-hybridized carbons (Fsp3) is 0.300. The maximum Gasteiger partial charge on any atom is 0.253 e. The number of rotatable bonds is 3.